The Morgan fingerprint density at radius 3 is 2.27 bits per heavy atom. The van der Waals surface area contributed by atoms with Crippen LogP contribution in [-0.4, -0.2) is 3.92 Å². The van der Waals surface area contributed by atoms with Crippen molar-refractivity contribution in [3.05, 3.63) is 0 Å². The van der Waals surface area contributed by atoms with Gasteiger partial charge in [0.1, 0.15) is 0 Å². The Balaban J connectivity index is 2.17. The number of hydrogen-bond donors (Lipinski definition) is 0. The van der Waals surface area contributed by atoms with Crippen LogP contribution in [0.2, 0.25) is 0 Å². The molecule has 1 heteroatoms. The molecule has 0 N–H and O–H groups in total. The quantitative estimate of drug-likeness (QED) is 0.464. The van der Waals surface area contributed by atoms with E-state index in [-0.39, 0.29) is 0 Å². The van der Waals surface area contributed by atoms with Crippen molar-refractivity contribution in [3.8, 4) is 0 Å². The molecule has 0 aromatic carbocycles. The third kappa shape index (κ3) is 0.991. The first-order valence-corrected chi connectivity index (χ1v) is 5.92. The first-order valence-electron chi connectivity index (χ1n) is 4.67. The summed E-state index contributed by atoms with van der Waals surface area (Å²) in [7, 11) is 0. The van der Waals surface area contributed by atoms with Gasteiger partial charge in [0.25, 0.3) is 0 Å². The Morgan fingerprint density at radius 1 is 1.27 bits per heavy atom. The molecule has 3 saturated carbocycles. The average molecular weight is 264 g/mol. The van der Waals surface area contributed by atoms with Crippen molar-refractivity contribution in [1.29, 1.82) is 0 Å². The lowest BCUT2D eigenvalue weighted by atomic mass is 9.46. The second-order valence-corrected chi connectivity index (χ2v) is 6.57. The Morgan fingerprint density at radius 2 is 1.91 bits per heavy atom. The molecule has 11 heavy (non-hydrogen) atoms. The lowest BCUT2D eigenvalue weighted by molar-refractivity contribution is -0.0924. The summed E-state index contributed by atoms with van der Waals surface area (Å²) in [6, 6.07) is 0. The minimum absolute atomic E-state index is 0.682. The second kappa shape index (κ2) is 2.36. The highest BCUT2D eigenvalue weighted by atomic mass is 127. The molecule has 0 aromatic rings. The van der Waals surface area contributed by atoms with Crippen molar-refractivity contribution in [3.63, 3.8) is 0 Å². The number of halogens is 1. The van der Waals surface area contributed by atoms with Crippen LogP contribution in [0, 0.1) is 23.2 Å². The van der Waals surface area contributed by atoms with Crippen molar-refractivity contribution < 1.29 is 0 Å². The van der Waals surface area contributed by atoms with Crippen molar-refractivity contribution in [2.75, 3.05) is 0 Å². The summed E-state index contributed by atoms with van der Waals surface area (Å²) in [6.45, 7) is 7.37. The third-order valence-electron chi connectivity index (χ3n) is 4.26. The van der Waals surface area contributed by atoms with Gasteiger partial charge < -0.3 is 0 Å². The highest BCUT2D eigenvalue weighted by Gasteiger charge is 2.55. The van der Waals surface area contributed by atoms with Crippen molar-refractivity contribution in [2.45, 2.75) is 37.5 Å². The summed E-state index contributed by atoms with van der Waals surface area (Å²) in [6.07, 6.45) is 3.00. The van der Waals surface area contributed by atoms with Crippen LogP contribution < -0.4 is 0 Å². The van der Waals surface area contributed by atoms with Crippen LogP contribution in [0.1, 0.15) is 33.6 Å². The van der Waals surface area contributed by atoms with E-state index < -0.39 is 0 Å². The van der Waals surface area contributed by atoms with Crippen LogP contribution in [0.4, 0.5) is 0 Å². The maximum absolute atomic E-state index is 2.65. The Labute approximate surface area is 83.3 Å². The van der Waals surface area contributed by atoms with Crippen molar-refractivity contribution >= 4 is 22.6 Å². The molecular formula is C10H17I. The van der Waals surface area contributed by atoms with E-state index in [9.17, 15) is 0 Å². The van der Waals surface area contributed by atoms with Crippen molar-refractivity contribution in [1.82, 2.24) is 0 Å². The summed E-state index contributed by atoms with van der Waals surface area (Å²) in [4.78, 5) is 0. The molecule has 0 radical (unpaired) electrons. The van der Waals surface area contributed by atoms with Gasteiger partial charge in [-0.3, -0.25) is 0 Å². The summed E-state index contributed by atoms with van der Waals surface area (Å²) in [5.74, 6) is 3.05. The Bertz CT molecular complexity index is 174. The molecule has 64 valence electrons. The molecule has 3 aliphatic rings. The van der Waals surface area contributed by atoms with Gasteiger partial charge in [0.15, 0.2) is 0 Å². The lowest BCUT2D eigenvalue weighted by Crippen LogP contribution is -2.55. The topological polar surface area (TPSA) is 0 Å². The average Bonchev–Trinajstić information content (AvgIpc) is 1.93. The largest absolute Gasteiger partial charge is 0.0823 e. The van der Waals surface area contributed by atoms with E-state index in [1.165, 1.54) is 12.8 Å². The molecule has 0 aliphatic heterocycles. The van der Waals surface area contributed by atoms with E-state index in [0.717, 1.165) is 21.7 Å². The van der Waals surface area contributed by atoms with Gasteiger partial charge in [-0.25, -0.2) is 0 Å². The molecule has 0 aromatic heterocycles. The fourth-order valence-electron chi connectivity index (χ4n) is 3.09. The van der Waals surface area contributed by atoms with E-state index in [0.29, 0.717) is 5.41 Å². The van der Waals surface area contributed by atoms with Gasteiger partial charge in [0, 0.05) is 3.92 Å². The van der Waals surface area contributed by atoms with Gasteiger partial charge in [-0.2, -0.15) is 0 Å². The van der Waals surface area contributed by atoms with E-state index in [1.807, 2.05) is 0 Å². The molecule has 3 aliphatic carbocycles. The van der Waals surface area contributed by atoms with Gasteiger partial charge in [-0.05, 0) is 36.0 Å². The van der Waals surface area contributed by atoms with Gasteiger partial charge in [-0.1, -0.05) is 43.4 Å². The minimum atomic E-state index is 0.682. The van der Waals surface area contributed by atoms with E-state index in [2.05, 4.69) is 43.4 Å². The molecule has 4 atom stereocenters. The number of hydrogen-bond acceptors (Lipinski definition) is 0. The zero-order valence-electron chi connectivity index (χ0n) is 7.60. The van der Waals surface area contributed by atoms with Crippen LogP contribution in [0.5, 0.6) is 0 Å². The molecule has 0 saturated heterocycles. The second-order valence-electron chi connectivity index (χ2n) is 4.97. The summed E-state index contributed by atoms with van der Waals surface area (Å²) >= 11 is 2.65. The zero-order valence-corrected chi connectivity index (χ0v) is 9.76. The molecule has 0 nitrogen and oxygen atoms in total. The normalized spacial score (nSPS) is 53.5. The van der Waals surface area contributed by atoms with Gasteiger partial charge >= 0.3 is 0 Å². The molecular weight excluding hydrogens is 247 g/mol. The van der Waals surface area contributed by atoms with Gasteiger partial charge in [-0.15, -0.1) is 0 Å². The Kier molecular flexibility index (Phi) is 1.79. The molecule has 0 spiro atoms. The number of rotatable bonds is 0. The zero-order chi connectivity index (χ0) is 8.22. The maximum Gasteiger partial charge on any atom is 0.0141 e. The van der Waals surface area contributed by atoms with E-state index in [1.54, 1.807) is 0 Å². The summed E-state index contributed by atoms with van der Waals surface area (Å²) in [5.41, 5.74) is 0.682. The fraction of sp³-hybridized carbons (Fsp3) is 1.00. The van der Waals surface area contributed by atoms with Gasteiger partial charge in [0.05, 0.1) is 0 Å². The molecule has 3 rings (SSSR count). The standard InChI is InChI=1S/C10H17I/c1-6-8-4-7(5-9(6)11)10(8,2)3/h6-9H,4-5H2,1-3H3/t6-,7?,8?,9-/m1/s1. The first kappa shape index (κ1) is 8.33. The molecule has 0 heterocycles. The van der Waals surface area contributed by atoms with Crippen LogP contribution in [-0.2, 0) is 0 Å². The highest BCUT2D eigenvalue weighted by Crippen LogP contribution is 2.62. The minimum Gasteiger partial charge on any atom is -0.0823 e. The maximum atomic E-state index is 2.65. The van der Waals surface area contributed by atoms with Crippen LogP contribution in [0.3, 0.4) is 0 Å². The third-order valence-corrected chi connectivity index (χ3v) is 5.90. The summed E-state index contributed by atoms with van der Waals surface area (Å²) in [5, 5.41) is 0. The first-order chi connectivity index (χ1) is 5.03. The highest BCUT2D eigenvalue weighted by molar-refractivity contribution is 14.1. The van der Waals surface area contributed by atoms with E-state index in [4.69, 9.17) is 0 Å². The number of alkyl halides is 1. The molecule has 2 bridgehead atoms. The number of fused-ring (bicyclic) bond motifs is 2. The van der Waals surface area contributed by atoms with Crippen LogP contribution >= 0.6 is 22.6 Å². The van der Waals surface area contributed by atoms with E-state index >= 15 is 0 Å². The smallest absolute Gasteiger partial charge is 0.0141 e. The van der Waals surface area contributed by atoms with Crippen LogP contribution in [0.25, 0.3) is 0 Å². The monoisotopic (exact) mass is 264 g/mol. The van der Waals surface area contributed by atoms with Crippen molar-refractivity contribution in [2.24, 2.45) is 23.2 Å². The lowest BCUT2D eigenvalue weighted by Gasteiger charge is -2.61. The van der Waals surface area contributed by atoms with Crippen LogP contribution in [0.15, 0.2) is 0 Å². The predicted molar refractivity (Wildman–Crippen MR) is 57.0 cm³/mol. The molecule has 2 unspecified atom stereocenters. The summed E-state index contributed by atoms with van der Waals surface area (Å²) < 4.78 is 0.962. The fourth-order valence-corrected chi connectivity index (χ4v) is 4.20. The molecule has 3 fully saturated rings. The molecule has 0 amide bonds. The SMILES string of the molecule is C[C@@H]1C2CC(C[C@H]1I)C2(C)C. The van der Waals surface area contributed by atoms with Gasteiger partial charge in [0.2, 0.25) is 0 Å². The predicted octanol–water partition coefficient (Wildman–Crippen LogP) is 3.49. The Hall–Kier alpha value is 0.730.